The molecule has 0 aromatic heterocycles. The third kappa shape index (κ3) is 6.38. The Morgan fingerprint density at radius 3 is 2.12 bits per heavy atom. The van der Waals surface area contributed by atoms with Crippen molar-refractivity contribution >= 4 is 27.4 Å². The second kappa shape index (κ2) is 8.68. The van der Waals surface area contributed by atoms with E-state index in [4.69, 9.17) is 5.14 Å². The third-order valence-corrected chi connectivity index (χ3v) is 4.49. The fourth-order valence-electron chi connectivity index (χ4n) is 2.30. The van der Waals surface area contributed by atoms with Crippen LogP contribution >= 0.6 is 0 Å². The first-order chi connectivity index (χ1) is 12.2. The van der Waals surface area contributed by atoms with E-state index in [-0.39, 0.29) is 17.0 Å². The molecule has 7 nitrogen and oxygen atoms in total. The number of carbonyl (C=O) groups is 1. The number of amides is 2. The Hall–Kier alpha value is -2.58. The van der Waals surface area contributed by atoms with Crippen molar-refractivity contribution in [2.24, 2.45) is 5.14 Å². The van der Waals surface area contributed by atoms with E-state index in [2.05, 4.69) is 16.0 Å². The van der Waals surface area contributed by atoms with Crippen molar-refractivity contribution in [3.8, 4) is 0 Å². The zero-order valence-corrected chi connectivity index (χ0v) is 15.6. The van der Waals surface area contributed by atoms with Crippen LogP contribution in [-0.2, 0) is 16.4 Å². The number of hydrogen-bond acceptors (Lipinski definition) is 4. The summed E-state index contributed by atoms with van der Waals surface area (Å²) < 4.78 is 22.5. The maximum atomic E-state index is 11.6. The number of hydrogen-bond donors (Lipinski definition) is 4. The van der Waals surface area contributed by atoms with Gasteiger partial charge in [-0.25, -0.2) is 18.4 Å². The van der Waals surface area contributed by atoms with Crippen LogP contribution in [0.25, 0.3) is 0 Å². The minimum atomic E-state index is -3.65. The van der Waals surface area contributed by atoms with Crippen LogP contribution in [0, 0.1) is 0 Å². The molecule has 0 spiro atoms. The molecule has 0 heterocycles. The van der Waals surface area contributed by atoms with Gasteiger partial charge in [-0.1, -0.05) is 12.1 Å². The SMILES string of the molecule is CC(C)NC(=O)Nc1ccc(NCCc2ccc(S(N)(=O)=O)cc2)cc1. The van der Waals surface area contributed by atoms with E-state index in [0.717, 1.165) is 17.7 Å². The lowest BCUT2D eigenvalue weighted by atomic mass is 10.1. The largest absolute Gasteiger partial charge is 0.385 e. The summed E-state index contributed by atoms with van der Waals surface area (Å²) in [7, 11) is -3.65. The number of sulfonamides is 1. The standard InChI is InChI=1S/C18H24N4O3S/c1-13(2)21-18(23)22-16-7-5-15(6-8-16)20-12-11-14-3-9-17(10-4-14)26(19,24)25/h3-10,13,20H,11-12H2,1-2H3,(H2,19,24,25)(H2,21,22,23). The topological polar surface area (TPSA) is 113 Å². The molecule has 2 amide bonds. The Morgan fingerprint density at radius 2 is 1.58 bits per heavy atom. The number of nitrogens with two attached hydrogens (primary N) is 1. The molecule has 0 aliphatic heterocycles. The lowest BCUT2D eigenvalue weighted by Gasteiger charge is -2.11. The number of nitrogens with one attached hydrogen (secondary N) is 3. The van der Waals surface area contributed by atoms with Crippen LogP contribution in [0.5, 0.6) is 0 Å². The van der Waals surface area contributed by atoms with Crippen LogP contribution in [0.2, 0.25) is 0 Å². The van der Waals surface area contributed by atoms with Crippen molar-refractivity contribution in [2.45, 2.75) is 31.2 Å². The lowest BCUT2D eigenvalue weighted by molar-refractivity contribution is 0.250. The van der Waals surface area contributed by atoms with Gasteiger partial charge < -0.3 is 16.0 Å². The summed E-state index contributed by atoms with van der Waals surface area (Å²) in [5.41, 5.74) is 2.65. The summed E-state index contributed by atoms with van der Waals surface area (Å²) in [5.74, 6) is 0. The predicted molar refractivity (Wildman–Crippen MR) is 104 cm³/mol. The van der Waals surface area contributed by atoms with Gasteiger partial charge in [-0.15, -0.1) is 0 Å². The van der Waals surface area contributed by atoms with Crippen molar-refractivity contribution in [3.63, 3.8) is 0 Å². The van der Waals surface area contributed by atoms with Crippen LogP contribution in [0.1, 0.15) is 19.4 Å². The number of carbonyl (C=O) groups excluding carboxylic acids is 1. The van der Waals surface area contributed by atoms with E-state index < -0.39 is 10.0 Å². The highest BCUT2D eigenvalue weighted by Gasteiger charge is 2.06. The molecule has 0 aliphatic carbocycles. The first kappa shape index (κ1) is 19.7. The maximum absolute atomic E-state index is 11.6. The van der Waals surface area contributed by atoms with Gasteiger partial charge in [-0.05, 0) is 62.2 Å². The van der Waals surface area contributed by atoms with Crippen molar-refractivity contribution in [1.29, 1.82) is 0 Å². The molecule has 26 heavy (non-hydrogen) atoms. The minimum absolute atomic E-state index is 0.0787. The van der Waals surface area contributed by atoms with Crippen LogP contribution in [0.15, 0.2) is 53.4 Å². The van der Waals surface area contributed by atoms with Gasteiger partial charge in [0.2, 0.25) is 10.0 Å². The third-order valence-electron chi connectivity index (χ3n) is 3.56. The highest BCUT2D eigenvalue weighted by atomic mass is 32.2. The number of urea groups is 1. The number of anilines is 2. The first-order valence-corrected chi connectivity index (χ1v) is 9.82. The molecule has 140 valence electrons. The molecule has 0 saturated heterocycles. The van der Waals surface area contributed by atoms with Gasteiger partial charge in [-0.3, -0.25) is 0 Å². The average molecular weight is 376 g/mol. The average Bonchev–Trinajstić information content (AvgIpc) is 2.55. The molecule has 0 aliphatic rings. The van der Waals surface area contributed by atoms with Crippen molar-refractivity contribution in [1.82, 2.24) is 5.32 Å². The van der Waals surface area contributed by atoms with E-state index in [1.807, 2.05) is 38.1 Å². The van der Waals surface area contributed by atoms with E-state index in [0.29, 0.717) is 12.2 Å². The highest BCUT2D eigenvalue weighted by molar-refractivity contribution is 7.89. The normalized spacial score (nSPS) is 11.2. The molecule has 0 atom stereocenters. The van der Waals surface area contributed by atoms with E-state index in [1.54, 1.807) is 12.1 Å². The predicted octanol–water partition coefficient (Wildman–Crippen LogP) is 2.52. The second-order valence-corrected chi connectivity index (χ2v) is 7.76. The van der Waals surface area contributed by atoms with Crippen LogP contribution < -0.4 is 21.1 Å². The van der Waals surface area contributed by atoms with E-state index in [1.165, 1.54) is 12.1 Å². The van der Waals surface area contributed by atoms with Crippen molar-refractivity contribution in [3.05, 3.63) is 54.1 Å². The lowest BCUT2D eigenvalue weighted by Crippen LogP contribution is -2.34. The Bertz CT molecular complexity index is 832. The Labute approximate surface area is 154 Å². The first-order valence-electron chi connectivity index (χ1n) is 8.27. The monoisotopic (exact) mass is 376 g/mol. The Balaban J connectivity index is 1.82. The van der Waals surface area contributed by atoms with Gasteiger partial charge in [0, 0.05) is 24.0 Å². The molecule has 0 bridgehead atoms. The molecule has 0 radical (unpaired) electrons. The van der Waals surface area contributed by atoms with Crippen LogP contribution in [0.3, 0.4) is 0 Å². The fourth-order valence-corrected chi connectivity index (χ4v) is 2.81. The summed E-state index contributed by atoms with van der Waals surface area (Å²) in [6.07, 6.45) is 0.738. The molecule has 0 fully saturated rings. The van der Waals surface area contributed by atoms with Gasteiger partial charge in [0.1, 0.15) is 0 Å². The number of rotatable bonds is 7. The summed E-state index contributed by atoms with van der Waals surface area (Å²) in [4.78, 5) is 11.7. The van der Waals surface area contributed by atoms with Crippen LogP contribution in [-0.4, -0.2) is 27.0 Å². The molecule has 2 rings (SSSR count). The van der Waals surface area contributed by atoms with Gasteiger partial charge in [0.15, 0.2) is 0 Å². The maximum Gasteiger partial charge on any atom is 0.319 e. The van der Waals surface area contributed by atoms with E-state index >= 15 is 0 Å². The van der Waals surface area contributed by atoms with Gasteiger partial charge >= 0.3 is 6.03 Å². The van der Waals surface area contributed by atoms with Crippen molar-refractivity contribution < 1.29 is 13.2 Å². The molecule has 8 heteroatoms. The molecular formula is C18H24N4O3S. The molecule has 0 saturated carbocycles. The molecular weight excluding hydrogens is 352 g/mol. The Morgan fingerprint density at radius 1 is 1.00 bits per heavy atom. The van der Waals surface area contributed by atoms with Gasteiger partial charge in [-0.2, -0.15) is 0 Å². The zero-order valence-electron chi connectivity index (χ0n) is 14.8. The number of benzene rings is 2. The second-order valence-electron chi connectivity index (χ2n) is 6.20. The quantitative estimate of drug-likeness (QED) is 0.594. The smallest absolute Gasteiger partial charge is 0.319 e. The zero-order chi connectivity index (χ0) is 19.2. The summed E-state index contributed by atoms with van der Waals surface area (Å²) in [5, 5.41) is 13.9. The molecule has 5 N–H and O–H groups in total. The molecule has 2 aromatic carbocycles. The summed E-state index contributed by atoms with van der Waals surface area (Å²) in [6, 6.07) is 13.8. The minimum Gasteiger partial charge on any atom is -0.385 e. The van der Waals surface area contributed by atoms with Crippen LogP contribution in [0.4, 0.5) is 16.2 Å². The molecule has 0 unspecified atom stereocenters. The Kier molecular flexibility index (Phi) is 6.59. The number of primary sulfonamides is 1. The summed E-state index contributed by atoms with van der Waals surface area (Å²) >= 11 is 0. The fraction of sp³-hybridized carbons (Fsp3) is 0.278. The highest BCUT2D eigenvalue weighted by Crippen LogP contribution is 2.14. The van der Waals surface area contributed by atoms with Gasteiger partial charge in [0.05, 0.1) is 4.90 Å². The summed E-state index contributed by atoms with van der Waals surface area (Å²) in [6.45, 7) is 4.49. The van der Waals surface area contributed by atoms with Gasteiger partial charge in [0.25, 0.3) is 0 Å². The van der Waals surface area contributed by atoms with Crippen molar-refractivity contribution in [2.75, 3.05) is 17.2 Å². The molecule has 2 aromatic rings. The van der Waals surface area contributed by atoms with E-state index in [9.17, 15) is 13.2 Å².